The number of rotatable bonds is 24. The van der Waals surface area contributed by atoms with Crippen LogP contribution < -0.4 is 20.4 Å². The van der Waals surface area contributed by atoms with E-state index < -0.39 is 23.9 Å². The number of carboxylic acid groups (broad SMARTS) is 4. The third-order valence-corrected chi connectivity index (χ3v) is 5.94. The molecule has 0 unspecified atom stereocenters. The van der Waals surface area contributed by atoms with Gasteiger partial charge in [-0.3, -0.25) is 0 Å². The Morgan fingerprint density at radius 3 is 0.585 bits per heavy atom. The van der Waals surface area contributed by atoms with E-state index in [1.54, 1.807) is 0 Å². The summed E-state index contributed by atoms with van der Waals surface area (Å²) >= 11 is 0. The van der Waals surface area contributed by atoms with Crippen LogP contribution in [0.25, 0.3) is 0 Å². The van der Waals surface area contributed by atoms with Gasteiger partial charge in [-0.05, 0) is 51.4 Å². The van der Waals surface area contributed by atoms with Gasteiger partial charge >= 0.3 is 0 Å². The molecule has 0 atom stereocenters. The molecule has 0 saturated carbocycles. The first-order valence-electron chi connectivity index (χ1n) is 15.9. The summed E-state index contributed by atoms with van der Waals surface area (Å²) in [6, 6.07) is 0. The van der Waals surface area contributed by atoms with Crippen molar-refractivity contribution in [2.45, 2.75) is 182 Å². The second kappa shape index (κ2) is 45.5. The van der Waals surface area contributed by atoms with E-state index in [1.165, 1.54) is 51.4 Å². The SMILES string of the molecule is CCCCCCCC(=O)[O-].CCCCCCCC(=O)[O-].CCCCCCCC(=O)[O-].CCCCCCCC(=O)[O-].[Ir]. The molecule has 9 heteroatoms. The Morgan fingerprint density at radius 2 is 0.463 bits per heavy atom. The number of unbranched alkanes of at least 4 members (excludes halogenated alkanes) is 16. The Kier molecular flexibility index (Phi) is 54.6. The number of hydrogen-bond acceptors (Lipinski definition) is 8. The molecule has 0 saturated heterocycles. The van der Waals surface area contributed by atoms with Gasteiger partial charge < -0.3 is 39.6 Å². The smallest absolute Gasteiger partial charge is 0.0414 e. The number of carbonyl (C=O) groups excluding carboxylic acids is 4. The second-order valence-corrected chi connectivity index (χ2v) is 10.1. The molecule has 0 rings (SSSR count). The van der Waals surface area contributed by atoms with Crippen LogP contribution >= 0.6 is 0 Å². The van der Waals surface area contributed by atoms with E-state index in [0.29, 0.717) is 0 Å². The zero-order valence-corrected chi connectivity index (χ0v) is 29.0. The monoisotopic (exact) mass is 765 g/mol. The summed E-state index contributed by atoms with van der Waals surface area (Å²) in [5.41, 5.74) is 0. The van der Waals surface area contributed by atoms with E-state index in [-0.39, 0.29) is 45.8 Å². The van der Waals surface area contributed by atoms with E-state index in [4.69, 9.17) is 0 Å². The van der Waals surface area contributed by atoms with Crippen molar-refractivity contribution in [2.75, 3.05) is 0 Å². The summed E-state index contributed by atoms with van der Waals surface area (Å²) < 4.78 is 0. The van der Waals surface area contributed by atoms with Crippen LogP contribution in [0, 0.1) is 0 Å². The summed E-state index contributed by atoms with van der Waals surface area (Å²) in [6.45, 7) is 8.55. The van der Waals surface area contributed by atoms with Crippen LogP contribution in [0.4, 0.5) is 0 Å². The molecule has 1 radical (unpaired) electrons. The fourth-order valence-corrected chi connectivity index (χ4v) is 3.49. The maximum atomic E-state index is 9.92. The van der Waals surface area contributed by atoms with Crippen molar-refractivity contribution in [2.24, 2.45) is 0 Å². The first-order chi connectivity index (χ1) is 19.1. The number of carboxylic acids is 4. The summed E-state index contributed by atoms with van der Waals surface area (Å²) in [6.07, 6.45) is 22.4. The third kappa shape index (κ3) is 73.1. The second-order valence-electron chi connectivity index (χ2n) is 10.1. The fraction of sp³-hybridized carbons (Fsp3) is 0.875. The van der Waals surface area contributed by atoms with Gasteiger partial charge in [0.05, 0.1) is 0 Å². The normalized spacial score (nSPS) is 9.46. The average Bonchev–Trinajstić information content (AvgIpc) is 2.89. The minimum atomic E-state index is -0.920. The summed E-state index contributed by atoms with van der Waals surface area (Å²) in [7, 11) is 0. The predicted molar refractivity (Wildman–Crippen MR) is 154 cm³/mol. The van der Waals surface area contributed by atoms with Crippen LogP contribution in [0.1, 0.15) is 182 Å². The van der Waals surface area contributed by atoms with Gasteiger partial charge in [0, 0.05) is 44.0 Å². The van der Waals surface area contributed by atoms with E-state index in [1.807, 2.05) is 0 Å². The molecule has 0 aliphatic rings. The maximum Gasteiger partial charge on any atom is 0.0414 e. The minimum absolute atomic E-state index is 0. The summed E-state index contributed by atoms with van der Waals surface area (Å²) in [4.78, 5) is 39.7. The largest absolute Gasteiger partial charge is 0.550 e. The first kappa shape index (κ1) is 49.2. The van der Waals surface area contributed by atoms with Crippen LogP contribution in [0.3, 0.4) is 0 Å². The van der Waals surface area contributed by atoms with Crippen molar-refractivity contribution in [1.82, 2.24) is 0 Å². The molecular weight excluding hydrogens is 705 g/mol. The Morgan fingerprint density at radius 1 is 0.317 bits per heavy atom. The number of carbonyl (C=O) groups is 4. The molecule has 0 fully saturated rings. The van der Waals surface area contributed by atoms with Crippen molar-refractivity contribution >= 4 is 23.9 Å². The first-order valence-corrected chi connectivity index (χ1v) is 15.9. The molecule has 0 aromatic rings. The Balaban J connectivity index is -0.000000139. The quantitative estimate of drug-likeness (QED) is 0.131. The minimum Gasteiger partial charge on any atom is -0.550 e. The van der Waals surface area contributed by atoms with E-state index in [2.05, 4.69) is 27.7 Å². The van der Waals surface area contributed by atoms with Gasteiger partial charge in [0.1, 0.15) is 0 Å². The van der Waals surface area contributed by atoms with Crippen molar-refractivity contribution in [1.29, 1.82) is 0 Å². The van der Waals surface area contributed by atoms with Gasteiger partial charge in [-0.2, -0.15) is 0 Å². The van der Waals surface area contributed by atoms with Crippen LogP contribution in [0.5, 0.6) is 0 Å². The molecule has 0 aliphatic carbocycles. The van der Waals surface area contributed by atoms with Crippen LogP contribution in [0.2, 0.25) is 0 Å². The molecular formula is C32H60IrO8-4. The third-order valence-electron chi connectivity index (χ3n) is 5.94. The average molecular weight is 765 g/mol. The van der Waals surface area contributed by atoms with Crippen molar-refractivity contribution < 1.29 is 59.7 Å². The molecule has 0 amide bonds. The molecule has 8 nitrogen and oxygen atoms in total. The fourth-order valence-electron chi connectivity index (χ4n) is 3.49. The van der Waals surface area contributed by atoms with E-state index in [0.717, 1.165) is 77.0 Å². The van der Waals surface area contributed by atoms with Crippen LogP contribution in [-0.4, -0.2) is 23.9 Å². The number of aliphatic carboxylic acids is 4. The maximum absolute atomic E-state index is 9.92. The molecule has 0 N–H and O–H groups in total. The van der Waals surface area contributed by atoms with E-state index in [9.17, 15) is 39.6 Å². The molecule has 0 aliphatic heterocycles. The zero-order chi connectivity index (χ0) is 31.3. The predicted octanol–water partition coefficient (Wildman–Crippen LogP) is 4.38. The summed E-state index contributed by atoms with van der Waals surface area (Å²) in [5, 5.41) is 39.7. The van der Waals surface area contributed by atoms with Gasteiger partial charge in [-0.15, -0.1) is 0 Å². The van der Waals surface area contributed by atoms with E-state index >= 15 is 0 Å². The van der Waals surface area contributed by atoms with Crippen LogP contribution in [-0.2, 0) is 39.3 Å². The van der Waals surface area contributed by atoms with Gasteiger partial charge in [0.2, 0.25) is 0 Å². The molecule has 0 aromatic carbocycles. The van der Waals surface area contributed by atoms with Gasteiger partial charge in [0.15, 0.2) is 0 Å². The van der Waals surface area contributed by atoms with Gasteiger partial charge in [-0.25, -0.2) is 0 Å². The van der Waals surface area contributed by atoms with Crippen molar-refractivity contribution in [3.05, 3.63) is 0 Å². The molecule has 41 heavy (non-hydrogen) atoms. The molecule has 0 spiro atoms. The van der Waals surface area contributed by atoms with Gasteiger partial charge in [0.25, 0.3) is 0 Å². The molecule has 0 heterocycles. The van der Waals surface area contributed by atoms with Gasteiger partial charge in [-0.1, -0.05) is 130 Å². The summed E-state index contributed by atoms with van der Waals surface area (Å²) in [5.74, 6) is -3.68. The molecule has 0 bridgehead atoms. The van der Waals surface area contributed by atoms with Crippen molar-refractivity contribution in [3.8, 4) is 0 Å². The topological polar surface area (TPSA) is 161 Å². The number of hydrogen-bond donors (Lipinski definition) is 0. The molecule has 249 valence electrons. The molecule has 0 aromatic heterocycles. The Labute approximate surface area is 264 Å². The standard InChI is InChI=1S/4C8H16O2.Ir/c4*1-2-3-4-5-6-7-8(9)10;/h4*2-7H2,1H3,(H,9,10);/p-4. The zero-order valence-electron chi connectivity index (χ0n) is 26.6. The Hall–Kier alpha value is -1.47. The Bertz CT molecular complexity index is 460. The van der Waals surface area contributed by atoms with Crippen LogP contribution in [0.15, 0.2) is 0 Å². The van der Waals surface area contributed by atoms with Crippen molar-refractivity contribution in [3.63, 3.8) is 0 Å².